The summed E-state index contributed by atoms with van der Waals surface area (Å²) in [7, 11) is 1.74. The Balaban J connectivity index is 1.42. The Hall–Kier alpha value is -2.31. The average Bonchev–Trinajstić information content (AvgIpc) is 3.35. The molecule has 2 aliphatic carbocycles. The minimum atomic E-state index is 0.136. The van der Waals surface area contributed by atoms with Crippen LogP contribution in [0.3, 0.4) is 0 Å². The van der Waals surface area contributed by atoms with Crippen molar-refractivity contribution in [3.05, 3.63) is 51.9 Å². The Morgan fingerprint density at radius 1 is 1.11 bits per heavy atom. The summed E-state index contributed by atoms with van der Waals surface area (Å²) in [6, 6.07) is 8.69. The molecule has 1 aromatic heterocycles. The van der Waals surface area contributed by atoms with Crippen LogP contribution >= 0.6 is 0 Å². The van der Waals surface area contributed by atoms with Gasteiger partial charge in [-0.3, -0.25) is 9.69 Å². The van der Waals surface area contributed by atoms with Crippen molar-refractivity contribution in [2.45, 2.75) is 52.5 Å². The lowest BCUT2D eigenvalue weighted by atomic mass is 9.68. The normalized spacial score (nSPS) is 29.2. The van der Waals surface area contributed by atoms with E-state index < -0.39 is 0 Å². The van der Waals surface area contributed by atoms with Crippen molar-refractivity contribution in [3.8, 4) is 5.75 Å². The molecule has 6 heteroatoms. The zero-order valence-corrected chi connectivity index (χ0v) is 21.7. The van der Waals surface area contributed by atoms with Crippen molar-refractivity contribution in [1.82, 2.24) is 9.47 Å². The number of nitrogens with zero attached hydrogens (tertiary/aromatic N) is 3. The smallest absolute Gasteiger partial charge is 0.256 e. The lowest BCUT2D eigenvalue weighted by Gasteiger charge is -2.44. The Kier molecular flexibility index (Phi) is 5.53. The summed E-state index contributed by atoms with van der Waals surface area (Å²) < 4.78 is 13.5. The molecule has 0 radical (unpaired) electrons. The van der Waals surface area contributed by atoms with Crippen LogP contribution in [0.4, 0.5) is 11.4 Å². The first-order valence-corrected chi connectivity index (χ1v) is 13.3. The quantitative estimate of drug-likeness (QED) is 0.629. The molecule has 6 nitrogen and oxygen atoms in total. The number of ether oxygens (including phenoxy) is 2. The summed E-state index contributed by atoms with van der Waals surface area (Å²) in [5, 5.41) is 0. The second-order valence-corrected chi connectivity index (χ2v) is 12.0. The van der Waals surface area contributed by atoms with Gasteiger partial charge in [0.05, 0.1) is 31.7 Å². The van der Waals surface area contributed by atoms with Crippen LogP contribution in [0, 0.1) is 16.7 Å². The summed E-state index contributed by atoms with van der Waals surface area (Å²) in [4.78, 5) is 19.0. The molecule has 2 saturated carbocycles. The minimum Gasteiger partial charge on any atom is -0.495 e. The highest BCUT2D eigenvalue weighted by atomic mass is 16.5. The number of benzene rings is 1. The van der Waals surface area contributed by atoms with Crippen LogP contribution in [0.1, 0.15) is 57.2 Å². The second kappa shape index (κ2) is 8.38. The Morgan fingerprint density at radius 2 is 1.91 bits per heavy atom. The summed E-state index contributed by atoms with van der Waals surface area (Å²) in [5.41, 5.74) is 4.79. The second-order valence-electron chi connectivity index (χ2n) is 12.0. The summed E-state index contributed by atoms with van der Waals surface area (Å²) in [6.45, 7) is 12.4. The predicted molar refractivity (Wildman–Crippen MR) is 139 cm³/mol. The Bertz CT molecular complexity index is 1180. The predicted octanol–water partition coefficient (Wildman–Crippen LogP) is 4.62. The fraction of sp³-hybridized carbons (Fsp3) is 0.621. The van der Waals surface area contributed by atoms with E-state index in [4.69, 9.17) is 9.47 Å². The van der Waals surface area contributed by atoms with E-state index in [-0.39, 0.29) is 22.4 Å². The molecule has 2 bridgehead atoms. The summed E-state index contributed by atoms with van der Waals surface area (Å²) >= 11 is 0. The van der Waals surface area contributed by atoms with E-state index in [1.54, 1.807) is 7.11 Å². The molecule has 2 aromatic rings. The van der Waals surface area contributed by atoms with Gasteiger partial charge in [-0.1, -0.05) is 32.9 Å². The van der Waals surface area contributed by atoms with Crippen LogP contribution in [0.25, 0.3) is 0 Å². The zero-order valence-electron chi connectivity index (χ0n) is 21.7. The standard InChI is InChI=1S/C29H39N3O3/c1-28(2)21-8-10-29(3,19-21)27(28)32-11-9-23-22(26(32)33)18-20-6-5-7-24(34-4)25(20)31(23)13-12-30-14-16-35-17-15-30/h5-7,9,11,21,27H,8,10,12-19H2,1-4H3/t21-,27?,29-/m0/s1. The number of methoxy groups -OCH3 is 1. The monoisotopic (exact) mass is 477 g/mol. The molecule has 3 atom stereocenters. The highest BCUT2D eigenvalue weighted by Crippen LogP contribution is 2.67. The molecule has 3 fully saturated rings. The van der Waals surface area contributed by atoms with Crippen molar-refractivity contribution in [3.63, 3.8) is 0 Å². The SMILES string of the molecule is COc1cccc2c1N(CCN1CCOCC1)c1ccn(C3C(C)(C)[C@H]4CC[C@@]3(C)C4)c(=O)c1C2. The first-order chi connectivity index (χ1) is 16.8. The number of fused-ring (bicyclic) bond motifs is 4. The largest absolute Gasteiger partial charge is 0.495 e. The van der Waals surface area contributed by atoms with E-state index in [9.17, 15) is 4.79 Å². The highest BCUT2D eigenvalue weighted by Gasteiger charge is 2.60. The highest BCUT2D eigenvalue weighted by molar-refractivity contribution is 5.78. The average molecular weight is 478 g/mol. The number of rotatable bonds is 5. The van der Waals surface area contributed by atoms with Crippen LogP contribution in [0.2, 0.25) is 0 Å². The molecule has 0 amide bonds. The van der Waals surface area contributed by atoms with Crippen molar-refractivity contribution < 1.29 is 9.47 Å². The maximum absolute atomic E-state index is 14.2. The first-order valence-electron chi connectivity index (χ1n) is 13.3. The molecule has 0 spiro atoms. The van der Waals surface area contributed by atoms with E-state index >= 15 is 0 Å². The van der Waals surface area contributed by atoms with E-state index in [0.29, 0.717) is 12.3 Å². The first kappa shape index (κ1) is 23.1. The number of anilines is 2. The molecule has 1 aromatic carbocycles. The third-order valence-corrected chi connectivity index (χ3v) is 9.64. The van der Waals surface area contributed by atoms with Gasteiger partial charge in [-0.25, -0.2) is 0 Å². The van der Waals surface area contributed by atoms with E-state index in [0.717, 1.165) is 62.1 Å². The molecule has 2 aliphatic heterocycles. The molecule has 188 valence electrons. The topological polar surface area (TPSA) is 46.9 Å². The third kappa shape index (κ3) is 3.55. The van der Waals surface area contributed by atoms with Gasteiger partial charge in [0.15, 0.2) is 0 Å². The number of para-hydroxylation sites is 1. The van der Waals surface area contributed by atoms with Crippen LogP contribution in [0.15, 0.2) is 35.3 Å². The van der Waals surface area contributed by atoms with Gasteiger partial charge in [-0.2, -0.15) is 0 Å². The molecule has 1 unspecified atom stereocenters. The molecule has 3 heterocycles. The van der Waals surface area contributed by atoms with Gasteiger partial charge < -0.3 is 18.9 Å². The number of morpholine rings is 1. The minimum absolute atomic E-state index is 0.136. The molecule has 0 N–H and O–H groups in total. The van der Waals surface area contributed by atoms with Gasteiger partial charge in [0.25, 0.3) is 5.56 Å². The van der Waals surface area contributed by atoms with Gasteiger partial charge >= 0.3 is 0 Å². The lowest BCUT2D eigenvalue weighted by Crippen LogP contribution is -2.44. The number of aromatic nitrogens is 1. The molecule has 1 saturated heterocycles. The van der Waals surface area contributed by atoms with Crippen molar-refractivity contribution >= 4 is 11.4 Å². The molecule has 4 aliphatic rings. The number of hydrogen-bond donors (Lipinski definition) is 0. The van der Waals surface area contributed by atoms with Crippen molar-refractivity contribution in [2.24, 2.45) is 16.7 Å². The molecule has 6 rings (SSSR count). The zero-order chi connectivity index (χ0) is 24.4. The number of hydrogen-bond acceptors (Lipinski definition) is 5. The molecule has 35 heavy (non-hydrogen) atoms. The van der Waals surface area contributed by atoms with Gasteiger partial charge in [0.2, 0.25) is 0 Å². The van der Waals surface area contributed by atoms with Gasteiger partial charge in [0, 0.05) is 50.4 Å². The fourth-order valence-corrected chi connectivity index (χ4v) is 7.97. The summed E-state index contributed by atoms with van der Waals surface area (Å²) in [5.74, 6) is 1.58. The van der Waals surface area contributed by atoms with Crippen molar-refractivity contribution in [1.29, 1.82) is 0 Å². The third-order valence-electron chi connectivity index (χ3n) is 9.64. The van der Waals surface area contributed by atoms with Crippen molar-refractivity contribution in [2.75, 3.05) is 51.4 Å². The van der Waals surface area contributed by atoms with Gasteiger partial charge in [-0.05, 0) is 53.7 Å². The Labute approximate surface area is 208 Å². The van der Waals surface area contributed by atoms with E-state index in [2.05, 4.69) is 53.5 Å². The maximum Gasteiger partial charge on any atom is 0.256 e. The van der Waals surface area contributed by atoms with Gasteiger partial charge in [-0.15, -0.1) is 0 Å². The lowest BCUT2D eigenvalue weighted by molar-refractivity contribution is 0.0394. The molecular formula is C29H39N3O3. The van der Waals surface area contributed by atoms with Crippen LogP contribution < -0.4 is 15.2 Å². The van der Waals surface area contributed by atoms with Crippen LogP contribution in [-0.2, 0) is 11.2 Å². The van der Waals surface area contributed by atoms with E-state index in [1.165, 1.54) is 24.8 Å². The maximum atomic E-state index is 14.2. The van der Waals surface area contributed by atoms with Gasteiger partial charge in [0.1, 0.15) is 5.75 Å². The van der Waals surface area contributed by atoms with E-state index in [1.807, 2.05) is 12.1 Å². The molecular weight excluding hydrogens is 438 g/mol. The van der Waals surface area contributed by atoms with Crippen LogP contribution in [-0.4, -0.2) is 56.0 Å². The fourth-order valence-electron chi connectivity index (χ4n) is 7.97. The number of pyridine rings is 1. The van der Waals surface area contributed by atoms with Crippen LogP contribution in [0.5, 0.6) is 5.75 Å². The summed E-state index contributed by atoms with van der Waals surface area (Å²) in [6.07, 6.45) is 6.51. The Morgan fingerprint density at radius 3 is 2.63 bits per heavy atom.